The zero-order valence-electron chi connectivity index (χ0n) is 23.3. The number of hydrogen-bond donors (Lipinski definition) is 3. The van der Waals surface area contributed by atoms with Gasteiger partial charge in [-0.05, 0) is 74.2 Å². The first-order chi connectivity index (χ1) is 20.2. The number of urea groups is 1. The molecule has 3 aromatic rings. The van der Waals surface area contributed by atoms with Gasteiger partial charge in [-0.1, -0.05) is 30.7 Å². The monoisotopic (exact) mass is 580 g/mol. The standard InChI is InChI=1S/C31H35F3N6O2/c32-31(33,34)23-9-5-8-22(18-23)26-13-14-27-29(38-26)40(25-11-6-16-39(27)20-25)30(42)37-24-10-4-7-21(17-24)19-36-28(41)12-2-1-3-15-35/h4-5,7-10,13-14,17-18,25H,1-3,6,11-12,15-16,19-20,35H2,(H,36,41)(H,37,42)/t25-/m0/s1. The average Bonchev–Trinajstić information content (AvgIpc) is 2.98. The molecule has 0 unspecified atom stereocenters. The zero-order valence-corrected chi connectivity index (χ0v) is 23.3. The molecule has 2 bridgehead atoms. The molecule has 222 valence electrons. The molecule has 5 rings (SSSR count). The van der Waals surface area contributed by atoms with Gasteiger partial charge in [0.25, 0.3) is 0 Å². The number of unbranched alkanes of at least 4 members (excludes halogenated alkanes) is 2. The predicted molar refractivity (Wildman–Crippen MR) is 157 cm³/mol. The molecule has 0 saturated carbocycles. The molecule has 0 aliphatic carbocycles. The molecule has 1 fully saturated rings. The molecule has 4 N–H and O–H groups in total. The van der Waals surface area contributed by atoms with Crippen molar-refractivity contribution in [2.75, 3.05) is 34.8 Å². The van der Waals surface area contributed by atoms with Gasteiger partial charge in [0.15, 0.2) is 5.82 Å². The Balaban J connectivity index is 1.34. The average molecular weight is 581 g/mol. The number of nitrogens with one attached hydrogen (secondary N) is 2. The van der Waals surface area contributed by atoms with Crippen LogP contribution in [0.25, 0.3) is 11.3 Å². The SMILES string of the molecule is NCCCCCC(=O)NCc1cccc(NC(=O)N2c3nc(-c4cccc(C(F)(F)F)c4)ccc3N3CCC[C@H]2C3)c1. The van der Waals surface area contributed by atoms with Gasteiger partial charge in [0.1, 0.15) is 0 Å². The molecule has 2 aliphatic heterocycles. The van der Waals surface area contributed by atoms with Crippen molar-refractivity contribution in [2.24, 2.45) is 5.73 Å². The molecule has 8 nitrogen and oxygen atoms in total. The molecule has 3 heterocycles. The van der Waals surface area contributed by atoms with E-state index in [4.69, 9.17) is 10.7 Å². The summed E-state index contributed by atoms with van der Waals surface area (Å²) in [5.41, 5.74) is 7.63. The van der Waals surface area contributed by atoms with Crippen LogP contribution in [-0.2, 0) is 17.5 Å². The Morgan fingerprint density at radius 1 is 1.02 bits per heavy atom. The fourth-order valence-corrected chi connectivity index (χ4v) is 5.54. The largest absolute Gasteiger partial charge is 0.416 e. The van der Waals surface area contributed by atoms with E-state index in [-0.39, 0.29) is 18.0 Å². The van der Waals surface area contributed by atoms with Crippen molar-refractivity contribution in [1.29, 1.82) is 0 Å². The smallest absolute Gasteiger partial charge is 0.366 e. The number of pyridine rings is 1. The van der Waals surface area contributed by atoms with Crippen molar-refractivity contribution < 1.29 is 22.8 Å². The molecule has 3 amide bonds. The van der Waals surface area contributed by atoms with Gasteiger partial charge in [-0.15, -0.1) is 0 Å². The molecule has 2 aliphatic rings. The highest BCUT2D eigenvalue weighted by atomic mass is 19.4. The Bertz CT molecular complexity index is 1430. The normalized spacial score (nSPS) is 16.1. The first-order valence-electron chi connectivity index (χ1n) is 14.3. The number of alkyl halides is 3. The van der Waals surface area contributed by atoms with Crippen LogP contribution < -0.4 is 26.2 Å². The third-order valence-electron chi connectivity index (χ3n) is 7.67. The summed E-state index contributed by atoms with van der Waals surface area (Å²) in [7, 11) is 0. The van der Waals surface area contributed by atoms with Crippen molar-refractivity contribution in [3.63, 3.8) is 0 Å². The molecule has 0 radical (unpaired) electrons. The first-order valence-corrected chi connectivity index (χ1v) is 14.3. The minimum Gasteiger partial charge on any atom is -0.366 e. The van der Waals surface area contributed by atoms with Crippen LogP contribution in [0, 0.1) is 0 Å². The van der Waals surface area contributed by atoms with Gasteiger partial charge in [-0.25, -0.2) is 9.78 Å². The van der Waals surface area contributed by atoms with E-state index < -0.39 is 11.7 Å². The molecular weight excluding hydrogens is 545 g/mol. The fraction of sp³-hybridized carbons (Fsp3) is 0.387. The summed E-state index contributed by atoms with van der Waals surface area (Å²) in [6.07, 6.45) is 0.274. The zero-order chi connectivity index (χ0) is 29.7. The summed E-state index contributed by atoms with van der Waals surface area (Å²) in [5, 5.41) is 5.89. The predicted octanol–water partition coefficient (Wildman–Crippen LogP) is 5.92. The first kappa shape index (κ1) is 29.4. The van der Waals surface area contributed by atoms with Crippen LogP contribution in [-0.4, -0.2) is 42.6 Å². The molecule has 11 heteroatoms. The Kier molecular flexibility index (Phi) is 8.96. The van der Waals surface area contributed by atoms with Gasteiger partial charge in [0.2, 0.25) is 5.91 Å². The molecule has 1 aromatic heterocycles. The van der Waals surface area contributed by atoms with E-state index in [1.807, 2.05) is 24.3 Å². The summed E-state index contributed by atoms with van der Waals surface area (Å²) in [4.78, 5) is 34.5. The Labute approximate surface area is 243 Å². The van der Waals surface area contributed by atoms with Crippen LogP contribution in [0.15, 0.2) is 60.7 Å². The molecular formula is C31H35F3N6O2. The van der Waals surface area contributed by atoms with Crippen LogP contribution in [0.2, 0.25) is 0 Å². The molecule has 0 spiro atoms. The lowest BCUT2D eigenvalue weighted by Gasteiger charge is -2.45. The summed E-state index contributed by atoms with van der Waals surface area (Å²) in [5.74, 6) is 0.396. The summed E-state index contributed by atoms with van der Waals surface area (Å²) in [6, 6.07) is 15.4. The number of piperidine rings is 1. The number of carbonyl (C=O) groups is 2. The van der Waals surface area contributed by atoms with Crippen molar-refractivity contribution in [2.45, 2.75) is 57.3 Å². The molecule has 42 heavy (non-hydrogen) atoms. The third kappa shape index (κ3) is 6.84. The van der Waals surface area contributed by atoms with Crippen molar-refractivity contribution in [3.05, 3.63) is 71.8 Å². The molecule has 2 aromatic carbocycles. The summed E-state index contributed by atoms with van der Waals surface area (Å²) >= 11 is 0. The highest BCUT2D eigenvalue weighted by molar-refractivity contribution is 6.04. The van der Waals surface area contributed by atoms with Gasteiger partial charge < -0.3 is 21.3 Å². The van der Waals surface area contributed by atoms with Gasteiger partial charge in [-0.3, -0.25) is 9.69 Å². The molecule has 1 saturated heterocycles. The summed E-state index contributed by atoms with van der Waals surface area (Å²) < 4.78 is 40.1. The second-order valence-electron chi connectivity index (χ2n) is 10.7. The molecule has 1 atom stereocenters. The van der Waals surface area contributed by atoms with Gasteiger partial charge in [0.05, 0.1) is 23.0 Å². The Morgan fingerprint density at radius 3 is 2.67 bits per heavy atom. The van der Waals surface area contributed by atoms with E-state index in [9.17, 15) is 22.8 Å². The van der Waals surface area contributed by atoms with Crippen LogP contribution >= 0.6 is 0 Å². The number of halogens is 3. The number of fused-ring (bicyclic) bond motifs is 4. The lowest BCUT2D eigenvalue weighted by Crippen LogP contribution is -2.56. The van der Waals surface area contributed by atoms with E-state index in [1.165, 1.54) is 6.07 Å². The topological polar surface area (TPSA) is 104 Å². The Morgan fingerprint density at radius 2 is 1.86 bits per heavy atom. The number of benzene rings is 2. The van der Waals surface area contributed by atoms with Crippen molar-refractivity contribution in [3.8, 4) is 11.3 Å². The number of carbonyl (C=O) groups excluding carboxylic acids is 2. The quantitative estimate of drug-likeness (QED) is 0.273. The lowest BCUT2D eigenvalue weighted by molar-refractivity contribution is -0.137. The maximum Gasteiger partial charge on any atom is 0.416 e. The van der Waals surface area contributed by atoms with Gasteiger partial charge >= 0.3 is 12.2 Å². The van der Waals surface area contributed by atoms with E-state index >= 15 is 0 Å². The fourth-order valence-electron chi connectivity index (χ4n) is 5.54. The van der Waals surface area contributed by atoms with Crippen LogP contribution in [0.5, 0.6) is 0 Å². The lowest BCUT2D eigenvalue weighted by atomic mass is 9.99. The minimum absolute atomic E-state index is 0.0316. The maximum atomic E-state index is 13.7. The van der Waals surface area contributed by atoms with E-state index in [0.717, 1.165) is 62.0 Å². The Hall–Kier alpha value is -4.12. The van der Waals surface area contributed by atoms with E-state index in [1.54, 1.807) is 23.1 Å². The van der Waals surface area contributed by atoms with Crippen LogP contribution in [0.3, 0.4) is 0 Å². The summed E-state index contributed by atoms with van der Waals surface area (Å²) in [6.45, 7) is 2.44. The number of nitrogens with two attached hydrogens (primary N) is 1. The highest BCUT2D eigenvalue weighted by Gasteiger charge is 2.38. The van der Waals surface area contributed by atoms with E-state index in [0.29, 0.717) is 48.8 Å². The second-order valence-corrected chi connectivity index (χ2v) is 10.7. The van der Waals surface area contributed by atoms with Gasteiger partial charge in [-0.2, -0.15) is 13.2 Å². The van der Waals surface area contributed by atoms with Crippen LogP contribution in [0.1, 0.15) is 49.7 Å². The number of amides is 3. The second kappa shape index (κ2) is 12.8. The van der Waals surface area contributed by atoms with Crippen molar-refractivity contribution in [1.82, 2.24) is 10.3 Å². The number of aromatic nitrogens is 1. The number of nitrogens with zero attached hydrogens (tertiary/aromatic N) is 3. The number of rotatable bonds is 9. The van der Waals surface area contributed by atoms with E-state index in [2.05, 4.69) is 15.5 Å². The third-order valence-corrected chi connectivity index (χ3v) is 7.67. The van der Waals surface area contributed by atoms with Crippen molar-refractivity contribution >= 4 is 29.1 Å². The minimum atomic E-state index is -4.47. The van der Waals surface area contributed by atoms with Crippen LogP contribution in [0.4, 0.5) is 35.2 Å². The number of hydrogen-bond acceptors (Lipinski definition) is 5. The highest BCUT2D eigenvalue weighted by Crippen LogP contribution is 2.40. The number of anilines is 3. The van der Waals surface area contributed by atoms with Gasteiger partial charge in [0, 0.05) is 37.3 Å². The maximum absolute atomic E-state index is 13.7.